The van der Waals surface area contributed by atoms with E-state index >= 15 is 0 Å². The van der Waals surface area contributed by atoms with Gasteiger partial charge in [0.05, 0.1) is 26.4 Å². The van der Waals surface area contributed by atoms with Crippen LogP contribution in [0.15, 0.2) is 0 Å². The van der Waals surface area contributed by atoms with E-state index in [1.165, 1.54) is 0 Å². The van der Waals surface area contributed by atoms with Gasteiger partial charge >= 0.3 is 6.16 Å². The van der Waals surface area contributed by atoms with E-state index in [0.717, 1.165) is 0 Å². The lowest BCUT2D eigenvalue weighted by molar-refractivity contribution is -0.238. The Hall–Kier alpha value is -0.890. The number of carboxylic acid groups (broad SMARTS) is 1. The van der Waals surface area contributed by atoms with E-state index in [9.17, 15) is 4.79 Å². The number of ether oxygens (including phenoxy) is 3. The topological polar surface area (TPSA) is 71.5 Å². The average Bonchev–Trinajstić information content (AvgIpc) is 2.40. The average molecular weight is 260 g/mol. The highest BCUT2D eigenvalue weighted by atomic mass is 16.7. The first-order valence-corrected chi connectivity index (χ1v) is 6.20. The quantitative estimate of drug-likeness (QED) is 0.717. The van der Waals surface area contributed by atoms with Gasteiger partial charge in [-0.15, -0.1) is 0 Å². The third-order valence-corrected chi connectivity index (χ3v) is 3.48. The Labute approximate surface area is 106 Å². The van der Waals surface area contributed by atoms with Gasteiger partial charge in [0, 0.05) is 33.1 Å². The molecule has 0 aromatic rings. The molecule has 0 amide bonds. The molecule has 2 fully saturated rings. The molecule has 104 valence electrons. The van der Waals surface area contributed by atoms with Crippen molar-refractivity contribution < 1.29 is 24.1 Å². The molecule has 2 aliphatic heterocycles. The summed E-state index contributed by atoms with van der Waals surface area (Å²) in [6.07, 6.45) is -1.25. The summed E-state index contributed by atoms with van der Waals surface area (Å²) in [6, 6.07) is 0. The lowest BCUT2D eigenvalue weighted by atomic mass is 10.2. The summed E-state index contributed by atoms with van der Waals surface area (Å²) in [5.41, 5.74) is 0. The van der Waals surface area contributed by atoms with Crippen molar-refractivity contribution in [1.82, 2.24) is 9.80 Å². The zero-order valence-corrected chi connectivity index (χ0v) is 10.6. The van der Waals surface area contributed by atoms with E-state index in [4.69, 9.17) is 19.3 Å². The van der Waals surface area contributed by atoms with E-state index in [1.807, 2.05) is 9.80 Å². The van der Waals surface area contributed by atoms with Crippen molar-refractivity contribution in [2.45, 2.75) is 12.8 Å². The Morgan fingerprint density at radius 2 is 1.44 bits per heavy atom. The van der Waals surface area contributed by atoms with Crippen molar-refractivity contribution in [2.75, 3.05) is 52.6 Å². The van der Waals surface area contributed by atoms with Crippen LogP contribution < -0.4 is 0 Å². The molecule has 0 aromatic carbocycles. The summed E-state index contributed by atoms with van der Waals surface area (Å²) in [5.74, 6) is -0.931. The summed E-state index contributed by atoms with van der Waals surface area (Å²) < 4.78 is 15.8. The van der Waals surface area contributed by atoms with Crippen LogP contribution in [-0.4, -0.2) is 79.5 Å². The summed E-state index contributed by atoms with van der Waals surface area (Å²) in [6.45, 7) is 6.87. The van der Waals surface area contributed by atoms with Gasteiger partial charge in [-0.2, -0.15) is 0 Å². The molecule has 1 N–H and O–H groups in total. The van der Waals surface area contributed by atoms with Gasteiger partial charge in [0.15, 0.2) is 0 Å². The number of hydrogen-bond acceptors (Lipinski definition) is 6. The fourth-order valence-corrected chi connectivity index (χ4v) is 2.45. The number of rotatable bonds is 3. The van der Waals surface area contributed by atoms with Crippen LogP contribution in [0.4, 0.5) is 4.79 Å². The maximum atomic E-state index is 11.0. The first kappa shape index (κ1) is 13.5. The molecule has 2 aliphatic rings. The van der Waals surface area contributed by atoms with Crippen molar-refractivity contribution in [3.8, 4) is 0 Å². The maximum absolute atomic E-state index is 11.0. The molecule has 0 saturated carbocycles. The van der Waals surface area contributed by atoms with Gasteiger partial charge < -0.3 is 19.3 Å². The molecule has 0 unspecified atom stereocenters. The minimum atomic E-state index is -1.25. The van der Waals surface area contributed by atoms with Crippen molar-refractivity contribution in [3.05, 3.63) is 0 Å². The molecule has 0 radical (unpaired) electrons. The minimum absolute atomic E-state index is 0.600. The van der Waals surface area contributed by atoms with Crippen LogP contribution in [0.25, 0.3) is 0 Å². The normalized spacial score (nSPS) is 23.8. The molecular weight excluding hydrogens is 240 g/mol. The fraction of sp³-hybridized carbons (Fsp3) is 0.909. The zero-order chi connectivity index (χ0) is 13.0. The summed E-state index contributed by atoms with van der Waals surface area (Å²) >= 11 is 0. The Bertz CT molecular complexity index is 269. The molecule has 7 nitrogen and oxygen atoms in total. The molecule has 0 aliphatic carbocycles. The molecule has 0 bridgehead atoms. The smallest absolute Gasteiger partial charge is 0.450 e. The Kier molecular flexibility index (Phi) is 4.39. The highest BCUT2D eigenvalue weighted by molar-refractivity contribution is 5.57. The highest BCUT2D eigenvalue weighted by Crippen LogP contribution is 2.24. The summed E-state index contributed by atoms with van der Waals surface area (Å²) in [7, 11) is 0. The van der Waals surface area contributed by atoms with Crippen LogP contribution in [0.1, 0.15) is 6.92 Å². The third-order valence-electron chi connectivity index (χ3n) is 3.48. The van der Waals surface area contributed by atoms with E-state index in [-0.39, 0.29) is 0 Å². The van der Waals surface area contributed by atoms with Crippen LogP contribution in [0, 0.1) is 0 Å². The highest BCUT2D eigenvalue weighted by Gasteiger charge is 2.43. The second kappa shape index (κ2) is 5.83. The fourth-order valence-electron chi connectivity index (χ4n) is 2.45. The van der Waals surface area contributed by atoms with Crippen LogP contribution in [0.5, 0.6) is 0 Å². The van der Waals surface area contributed by atoms with Crippen molar-refractivity contribution in [1.29, 1.82) is 0 Å². The second-order valence-corrected chi connectivity index (χ2v) is 4.50. The molecule has 0 spiro atoms. The number of nitrogens with zero attached hydrogens (tertiary/aromatic N) is 2. The van der Waals surface area contributed by atoms with Crippen LogP contribution in [-0.2, 0) is 14.2 Å². The van der Waals surface area contributed by atoms with Gasteiger partial charge in [0.2, 0.25) is 5.85 Å². The molecular formula is C11H20N2O5. The SMILES string of the molecule is CC(OC(=O)O)(N1CCOCC1)N1CCOCC1. The molecule has 0 aromatic heterocycles. The number of morpholine rings is 2. The lowest BCUT2D eigenvalue weighted by Gasteiger charge is -2.48. The van der Waals surface area contributed by atoms with Crippen LogP contribution in [0.3, 0.4) is 0 Å². The zero-order valence-electron chi connectivity index (χ0n) is 10.6. The van der Waals surface area contributed by atoms with Crippen molar-refractivity contribution in [2.24, 2.45) is 0 Å². The Morgan fingerprint density at radius 3 is 1.78 bits per heavy atom. The Morgan fingerprint density at radius 1 is 1.06 bits per heavy atom. The van der Waals surface area contributed by atoms with Crippen molar-refractivity contribution in [3.63, 3.8) is 0 Å². The van der Waals surface area contributed by atoms with E-state index < -0.39 is 12.0 Å². The van der Waals surface area contributed by atoms with Crippen molar-refractivity contribution >= 4 is 6.16 Å². The number of hydrogen-bond donors (Lipinski definition) is 1. The summed E-state index contributed by atoms with van der Waals surface area (Å²) in [4.78, 5) is 15.0. The van der Waals surface area contributed by atoms with Crippen LogP contribution in [0.2, 0.25) is 0 Å². The molecule has 2 rings (SSSR count). The van der Waals surface area contributed by atoms with E-state index in [1.54, 1.807) is 6.92 Å². The van der Waals surface area contributed by atoms with Gasteiger partial charge in [-0.25, -0.2) is 14.6 Å². The van der Waals surface area contributed by atoms with E-state index in [0.29, 0.717) is 52.6 Å². The predicted octanol–water partition coefficient (Wildman–Crippen LogP) is 0.0191. The molecule has 7 heteroatoms. The molecule has 18 heavy (non-hydrogen) atoms. The number of carbonyl (C=O) groups is 1. The predicted molar refractivity (Wildman–Crippen MR) is 62.3 cm³/mol. The minimum Gasteiger partial charge on any atom is -0.450 e. The largest absolute Gasteiger partial charge is 0.508 e. The standard InChI is InChI=1S/C11H20N2O5/c1-11(18-10(14)15,12-2-6-16-7-3-12)13-4-8-17-9-5-13/h2-9H2,1H3,(H,14,15). The first-order valence-electron chi connectivity index (χ1n) is 6.20. The van der Waals surface area contributed by atoms with Gasteiger partial charge in [-0.05, 0) is 0 Å². The van der Waals surface area contributed by atoms with Crippen LogP contribution >= 0.6 is 0 Å². The monoisotopic (exact) mass is 260 g/mol. The molecule has 2 heterocycles. The molecule has 0 atom stereocenters. The molecule has 2 saturated heterocycles. The van der Waals surface area contributed by atoms with E-state index in [2.05, 4.69) is 0 Å². The maximum Gasteiger partial charge on any atom is 0.508 e. The lowest BCUT2D eigenvalue weighted by Crippen LogP contribution is -2.65. The first-order chi connectivity index (χ1) is 8.63. The second-order valence-electron chi connectivity index (χ2n) is 4.50. The van der Waals surface area contributed by atoms with Gasteiger partial charge in [-0.3, -0.25) is 0 Å². The van der Waals surface area contributed by atoms with Gasteiger partial charge in [0.25, 0.3) is 0 Å². The van der Waals surface area contributed by atoms with Gasteiger partial charge in [-0.1, -0.05) is 0 Å². The third kappa shape index (κ3) is 2.92. The van der Waals surface area contributed by atoms with Gasteiger partial charge in [0.1, 0.15) is 0 Å². The Balaban J connectivity index is 2.11. The summed E-state index contributed by atoms with van der Waals surface area (Å²) in [5, 5.41) is 8.97.